The quantitative estimate of drug-likeness (QED) is 0.310. The van der Waals surface area contributed by atoms with Crippen LogP contribution in [-0.4, -0.2) is 35.6 Å². The Balaban J connectivity index is 1.98. The van der Waals surface area contributed by atoms with Gasteiger partial charge in [0.25, 0.3) is 0 Å². The van der Waals surface area contributed by atoms with Crippen LogP contribution in [0.3, 0.4) is 0 Å². The van der Waals surface area contributed by atoms with Crippen LogP contribution in [0, 0.1) is 18.3 Å². The molecule has 0 saturated heterocycles. The van der Waals surface area contributed by atoms with Gasteiger partial charge in [-0.2, -0.15) is 10.4 Å². The third kappa shape index (κ3) is 5.91. The van der Waals surface area contributed by atoms with Crippen molar-refractivity contribution in [2.75, 3.05) is 13.7 Å². The highest BCUT2D eigenvalue weighted by Gasteiger charge is 2.17. The molecule has 0 fully saturated rings. The SMILES string of the molecule is COC[C@@H](C)OC(=O)/C(C#N)=C/c1cn(Cc2ccccc2)nc1-c1ccc(C)cc1. The molecule has 0 aliphatic carbocycles. The number of nitrogens with zero attached hydrogens (tertiary/aromatic N) is 3. The molecule has 0 radical (unpaired) electrons. The van der Waals surface area contributed by atoms with Crippen LogP contribution in [0.25, 0.3) is 17.3 Å². The van der Waals surface area contributed by atoms with Crippen molar-refractivity contribution in [2.24, 2.45) is 0 Å². The predicted octanol–water partition coefficient (Wildman–Crippen LogP) is 4.39. The molecule has 3 rings (SSSR count). The highest BCUT2D eigenvalue weighted by atomic mass is 16.6. The standard InChI is InChI=1S/C25H25N3O3/c1-18-9-11-21(12-10-18)24-23(13-22(14-26)25(29)31-19(2)17-30-3)16-28(27-24)15-20-7-5-4-6-8-20/h4-13,16,19H,15,17H2,1-3H3/b22-13+/t19-/m1/s1. The largest absolute Gasteiger partial charge is 0.456 e. The van der Waals surface area contributed by atoms with Crippen molar-refractivity contribution >= 4 is 12.0 Å². The van der Waals surface area contributed by atoms with E-state index in [0.29, 0.717) is 17.8 Å². The van der Waals surface area contributed by atoms with E-state index in [4.69, 9.17) is 14.6 Å². The maximum absolute atomic E-state index is 12.5. The summed E-state index contributed by atoms with van der Waals surface area (Å²) >= 11 is 0. The first-order chi connectivity index (χ1) is 15.0. The number of esters is 1. The summed E-state index contributed by atoms with van der Waals surface area (Å²) in [6.07, 6.45) is 2.92. The van der Waals surface area contributed by atoms with Gasteiger partial charge in [0.1, 0.15) is 17.7 Å². The van der Waals surface area contributed by atoms with Crippen molar-refractivity contribution in [3.63, 3.8) is 0 Å². The van der Waals surface area contributed by atoms with Crippen molar-refractivity contribution in [1.29, 1.82) is 5.26 Å². The van der Waals surface area contributed by atoms with Gasteiger partial charge in [-0.3, -0.25) is 4.68 Å². The summed E-state index contributed by atoms with van der Waals surface area (Å²) in [6, 6.07) is 19.9. The minimum absolute atomic E-state index is 0.0874. The van der Waals surface area contributed by atoms with Crippen LogP contribution in [0.15, 0.2) is 66.4 Å². The van der Waals surface area contributed by atoms with Crippen LogP contribution < -0.4 is 0 Å². The average Bonchev–Trinajstić information content (AvgIpc) is 3.15. The fraction of sp³-hybridized carbons (Fsp3) is 0.240. The van der Waals surface area contributed by atoms with E-state index in [-0.39, 0.29) is 12.2 Å². The number of benzene rings is 2. The summed E-state index contributed by atoms with van der Waals surface area (Å²) in [5.41, 5.74) is 4.43. The van der Waals surface area contributed by atoms with Gasteiger partial charge in [-0.05, 0) is 25.5 Å². The molecule has 0 amide bonds. The van der Waals surface area contributed by atoms with E-state index >= 15 is 0 Å². The molecule has 1 aromatic heterocycles. The molecule has 1 atom stereocenters. The summed E-state index contributed by atoms with van der Waals surface area (Å²) in [7, 11) is 1.53. The van der Waals surface area contributed by atoms with Crippen LogP contribution in [-0.2, 0) is 20.8 Å². The molecule has 0 unspecified atom stereocenters. The molecule has 6 heteroatoms. The van der Waals surface area contributed by atoms with Gasteiger partial charge in [-0.1, -0.05) is 60.2 Å². The van der Waals surface area contributed by atoms with Crippen LogP contribution in [0.2, 0.25) is 0 Å². The van der Waals surface area contributed by atoms with Crippen LogP contribution in [0.1, 0.15) is 23.6 Å². The van der Waals surface area contributed by atoms with Crippen LogP contribution >= 0.6 is 0 Å². The van der Waals surface area contributed by atoms with E-state index in [1.165, 1.54) is 13.2 Å². The van der Waals surface area contributed by atoms with E-state index in [1.807, 2.05) is 78.5 Å². The number of aryl methyl sites for hydroxylation is 1. The van der Waals surface area contributed by atoms with E-state index in [2.05, 4.69) is 0 Å². The number of nitriles is 1. The first-order valence-electron chi connectivity index (χ1n) is 10.00. The van der Waals surface area contributed by atoms with Crippen molar-refractivity contribution in [3.8, 4) is 17.3 Å². The smallest absolute Gasteiger partial charge is 0.349 e. The number of hydrogen-bond acceptors (Lipinski definition) is 5. The second kappa shape index (κ2) is 10.4. The lowest BCUT2D eigenvalue weighted by Gasteiger charge is -2.11. The lowest BCUT2D eigenvalue weighted by atomic mass is 10.0. The van der Waals surface area contributed by atoms with E-state index in [0.717, 1.165) is 16.7 Å². The van der Waals surface area contributed by atoms with Gasteiger partial charge in [0, 0.05) is 24.4 Å². The summed E-state index contributed by atoms with van der Waals surface area (Å²) in [5, 5.41) is 14.3. The summed E-state index contributed by atoms with van der Waals surface area (Å²) in [6.45, 7) is 4.56. The molecule has 0 spiro atoms. The fourth-order valence-corrected chi connectivity index (χ4v) is 3.14. The summed E-state index contributed by atoms with van der Waals surface area (Å²) < 4.78 is 12.1. The highest BCUT2D eigenvalue weighted by molar-refractivity contribution is 5.98. The zero-order valence-electron chi connectivity index (χ0n) is 17.9. The summed E-state index contributed by atoms with van der Waals surface area (Å²) in [4.78, 5) is 12.5. The number of aromatic nitrogens is 2. The Kier molecular flexibility index (Phi) is 7.36. The number of carbonyl (C=O) groups is 1. The lowest BCUT2D eigenvalue weighted by Crippen LogP contribution is -2.20. The van der Waals surface area contributed by atoms with Gasteiger partial charge < -0.3 is 9.47 Å². The third-order valence-electron chi connectivity index (χ3n) is 4.65. The predicted molar refractivity (Wildman–Crippen MR) is 119 cm³/mol. The lowest BCUT2D eigenvalue weighted by molar-refractivity contribution is -0.145. The number of ether oxygens (including phenoxy) is 2. The number of carbonyl (C=O) groups excluding carboxylic acids is 1. The molecule has 2 aromatic carbocycles. The molecule has 1 heterocycles. The maximum Gasteiger partial charge on any atom is 0.349 e. The van der Waals surface area contributed by atoms with Gasteiger partial charge >= 0.3 is 5.97 Å². The second-order valence-corrected chi connectivity index (χ2v) is 7.32. The van der Waals surface area contributed by atoms with Gasteiger partial charge in [0.05, 0.1) is 18.8 Å². The number of hydrogen-bond donors (Lipinski definition) is 0. The monoisotopic (exact) mass is 415 g/mol. The molecule has 3 aromatic rings. The van der Waals surface area contributed by atoms with Gasteiger partial charge in [-0.25, -0.2) is 4.79 Å². The molecule has 0 bridgehead atoms. The van der Waals surface area contributed by atoms with E-state index < -0.39 is 12.1 Å². The zero-order valence-corrected chi connectivity index (χ0v) is 17.9. The van der Waals surface area contributed by atoms with E-state index in [9.17, 15) is 10.1 Å². The summed E-state index contributed by atoms with van der Waals surface area (Å²) in [5.74, 6) is -0.683. The van der Waals surface area contributed by atoms with Gasteiger partial charge in [0.15, 0.2) is 0 Å². The topological polar surface area (TPSA) is 77.1 Å². The average molecular weight is 415 g/mol. The molecule has 31 heavy (non-hydrogen) atoms. The Morgan fingerprint density at radius 1 is 1.19 bits per heavy atom. The maximum atomic E-state index is 12.5. The number of rotatable bonds is 8. The molecule has 0 aliphatic heterocycles. The Hall–Kier alpha value is -3.69. The van der Waals surface area contributed by atoms with E-state index in [1.54, 1.807) is 6.92 Å². The van der Waals surface area contributed by atoms with Crippen molar-refractivity contribution < 1.29 is 14.3 Å². The Bertz CT molecular complexity index is 1090. The first kappa shape index (κ1) is 22.0. The third-order valence-corrected chi connectivity index (χ3v) is 4.65. The molecular formula is C25H25N3O3. The second-order valence-electron chi connectivity index (χ2n) is 7.32. The van der Waals surface area contributed by atoms with Crippen LogP contribution in [0.4, 0.5) is 0 Å². The molecular weight excluding hydrogens is 390 g/mol. The van der Waals surface area contributed by atoms with Gasteiger partial charge in [0.2, 0.25) is 0 Å². The minimum atomic E-state index is -0.683. The van der Waals surface area contributed by atoms with Crippen LogP contribution in [0.5, 0.6) is 0 Å². The molecule has 0 saturated carbocycles. The Morgan fingerprint density at radius 2 is 1.90 bits per heavy atom. The minimum Gasteiger partial charge on any atom is -0.456 e. The molecule has 6 nitrogen and oxygen atoms in total. The van der Waals surface area contributed by atoms with Crippen molar-refractivity contribution in [2.45, 2.75) is 26.5 Å². The van der Waals surface area contributed by atoms with Gasteiger partial charge in [-0.15, -0.1) is 0 Å². The highest BCUT2D eigenvalue weighted by Crippen LogP contribution is 2.25. The molecule has 158 valence electrons. The van der Waals surface area contributed by atoms with Crippen molar-refractivity contribution in [3.05, 3.63) is 83.1 Å². The molecule has 0 aliphatic rings. The fourth-order valence-electron chi connectivity index (χ4n) is 3.14. The zero-order chi connectivity index (χ0) is 22.2. The Morgan fingerprint density at radius 3 is 2.55 bits per heavy atom. The normalized spacial score (nSPS) is 12.3. The van der Waals surface area contributed by atoms with Crippen molar-refractivity contribution in [1.82, 2.24) is 9.78 Å². The first-order valence-corrected chi connectivity index (χ1v) is 10.00. The number of methoxy groups -OCH3 is 1. The Labute approximate surface area is 182 Å². The molecule has 0 N–H and O–H groups in total.